The van der Waals surface area contributed by atoms with E-state index >= 15 is 0 Å². The summed E-state index contributed by atoms with van der Waals surface area (Å²) in [6.07, 6.45) is 0.0645. The van der Waals surface area contributed by atoms with Crippen LogP contribution in [0.4, 0.5) is 0 Å². The first-order valence-corrected chi connectivity index (χ1v) is 11.7. The van der Waals surface area contributed by atoms with Gasteiger partial charge in [0.25, 0.3) is 0 Å². The van der Waals surface area contributed by atoms with Crippen LogP contribution in [-0.4, -0.2) is 64.0 Å². The minimum atomic E-state index is -1.28. The molecule has 1 rings (SSSR count). The van der Waals surface area contributed by atoms with E-state index in [-0.39, 0.29) is 18.1 Å². The van der Waals surface area contributed by atoms with E-state index in [1.165, 1.54) is 12.1 Å². The SMILES string of the molecule is CCC(C)C(NC(=O)C(NC(=O)C(N)CC(N)=O)C(C)C)C(=O)NC(Cc1ccc(O)cc1)C(=O)O. The van der Waals surface area contributed by atoms with Crippen LogP contribution in [-0.2, 0) is 30.4 Å². The largest absolute Gasteiger partial charge is 0.508 e. The van der Waals surface area contributed by atoms with E-state index in [0.717, 1.165) is 0 Å². The second kappa shape index (κ2) is 14.0. The van der Waals surface area contributed by atoms with Gasteiger partial charge in [0.2, 0.25) is 23.6 Å². The Labute approximate surface area is 210 Å². The Morgan fingerprint density at radius 1 is 0.889 bits per heavy atom. The third-order valence-corrected chi connectivity index (χ3v) is 5.79. The third-order valence-electron chi connectivity index (χ3n) is 5.79. The summed E-state index contributed by atoms with van der Waals surface area (Å²) >= 11 is 0. The van der Waals surface area contributed by atoms with E-state index in [1.807, 2.05) is 6.92 Å². The number of aliphatic carboxylic acids is 1. The molecule has 200 valence electrons. The molecular formula is C24H37N5O7. The number of primary amides is 1. The molecule has 0 heterocycles. The van der Waals surface area contributed by atoms with E-state index in [9.17, 15) is 34.2 Å². The number of rotatable bonds is 14. The second-order valence-corrected chi connectivity index (χ2v) is 9.15. The standard InChI is InChI=1S/C24H37N5O7/c1-5-13(4)20(23(34)27-17(24(35)36)10-14-6-8-15(30)9-7-14)29-22(33)19(12(2)3)28-21(32)16(25)11-18(26)31/h6-9,12-13,16-17,19-20,30H,5,10-11,25H2,1-4H3,(H2,26,31)(H,27,34)(H,28,32)(H,29,33)(H,35,36). The minimum absolute atomic E-state index is 0.0246. The van der Waals surface area contributed by atoms with Gasteiger partial charge in [-0.1, -0.05) is 46.2 Å². The number of carboxylic acid groups (broad SMARTS) is 1. The number of carboxylic acids is 1. The molecule has 0 saturated heterocycles. The summed E-state index contributed by atoms with van der Waals surface area (Å²) in [7, 11) is 0. The first kappa shape index (κ1) is 30.4. The van der Waals surface area contributed by atoms with E-state index in [2.05, 4.69) is 16.0 Å². The molecule has 4 amide bonds. The summed E-state index contributed by atoms with van der Waals surface area (Å²) < 4.78 is 0. The topological polar surface area (TPSA) is 214 Å². The van der Waals surface area contributed by atoms with Crippen molar-refractivity contribution in [2.45, 2.75) is 71.1 Å². The quantitative estimate of drug-likeness (QED) is 0.172. The van der Waals surface area contributed by atoms with Crippen molar-refractivity contribution in [2.24, 2.45) is 23.3 Å². The predicted octanol–water partition coefficient (Wildman–Crippen LogP) is -0.621. The molecule has 36 heavy (non-hydrogen) atoms. The van der Waals surface area contributed by atoms with Gasteiger partial charge in [0.05, 0.1) is 12.5 Å². The van der Waals surface area contributed by atoms with Gasteiger partial charge >= 0.3 is 5.97 Å². The number of nitrogens with two attached hydrogens (primary N) is 2. The molecular weight excluding hydrogens is 470 g/mol. The van der Waals surface area contributed by atoms with Gasteiger partial charge in [-0.25, -0.2) is 4.79 Å². The number of aromatic hydroxyl groups is 1. The van der Waals surface area contributed by atoms with Gasteiger partial charge in [-0.05, 0) is 29.5 Å². The number of phenols is 1. The van der Waals surface area contributed by atoms with Gasteiger partial charge < -0.3 is 37.6 Å². The number of nitrogens with one attached hydrogen (secondary N) is 3. The Morgan fingerprint density at radius 3 is 1.89 bits per heavy atom. The number of amides is 4. The summed E-state index contributed by atoms with van der Waals surface area (Å²) in [5, 5.41) is 26.6. The maximum absolute atomic E-state index is 13.1. The Bertz CT molecular complexity index is 935. The molecule has 12 nitrogen and oxygen atoms in total. The summed E-state index contributed by atoms with van der Waals surface area (Å²) in [5.41, 5.74) is 11.3. The minimum Gasteiger partial charge on any atom is -0.508 e. The van der Waals surface area contributed by atoms with Crippen molar-refractivity contribution in [3.63, 3.8) is 0 Å². The van der Waals surface area contributed by atoms with Gasteiger partial charge in [0.15, 0.2) is 0 Å². The maximum Gasteiger partial charge on any atom is 0.326 e. The van der Waals surface area contributed by atoms with Gasteiger partial charge in [0.1, 0.15) is 23.9 Å². The van der Waals surface area contributed by atoms with Crippen LogP contribution in [0.1, 0.15) is 46.1 Å². The smallest absolute Gasteiger partial charge is 0.326 e. The highest BCUT2D eigenvalue weighted by molar-refractivity contribution is 5.95. The monoisotopic (exact) mass is 507 g/mol. The average molecular weight is 508 g/mol. The summed E-state index contributed by atoms with van der Waals surface area (Å²) in [6.45, 7) is 6.90. The van der Waals surface area contributed by atoms with Crippen molar-refractivity contribution in [1.82, 2.24) is 16.0 Å². The molecule has 0 bridgehead atoms. The van der Waals surface area contributed by atoms with Crippen molar-refractivity contribution < 1.29 is 34.2 Å². The molecule has 1 aromatic rings. The molecule has 0 aliphatic carbocycles. The van der Waals surface area contributed by atoms with Crippen molar-refractivity contribution >= 4 is 29.6 Å². The van der Waals surface area contributed by atoms with Gasteiger partial charge in [-0.3, -0.25) is 19.2 Å². The van der Waals surface area contributed by atoms with E-state index in [4.69, 9.17) is 11.5 Å². The number of hydrogen-bond donors (Lipinski definition) is 7. The third kappa shape index (κ3) is 9.53. The van der Waals surface area contributed by atoms with Crippen LogP contribution in [0.5, 0.6) is 5.75 Å². The van der Waals surface area contributed by atoms with Gasteiger partial charge in [-0.15, -0.1) is 0 Å². The zero-order chi connectivity index (χ0) is 27.6. The molecule has 12 heteroatoms. The maximum atomic E-state index is 13.1. The summed E-state index contributed by atoms with van der Waals surface area (Å²) in [5.74, 6) is -4.85. The lowest BCUT2D eigenvalue weighted by Gasteiger charge is -2.29. The number of hydrogen-bond acceptors (Lipinski definition) is 7. The fourth-order valence-corrected chi connectivity index (χ4v) is 3.38. The van der Waals surface area contributed by atoms with Crippen molar-refractivity contribution in [1.29, 1.82) is 0 Å². The zero-order valence-electron chi connectivity index (χ0n) is 21.0. The molecule has 0 aromatic heterocycles. The van der Waals surface area contributed by atoms with Crippen molar-refractivity contribution in [3.8, 4) is 5.75 Å². The van der Waals surface area contributed by atoms with Gasteiger partial charge in [-0.2, -0.15) is 0 Å². The molecule has 0 spiro atoms. The first-order valence-electron chi connectivity index (χ1n) is 11.7. The number of benzene rings is 1. The molecule has 0 aliphatic rings. The summed E-state index contributed by atoms with van der Waals surface area (Å²) in [4.78, 5) is 61.4. The Morgan fingerprint density at radius 2 is 1.42 bits per heavy atom. The highest BCUT2D eigenvalue weighted by Crippen LogP contribution is 2.14. The lowest BCUT2D eigenvalue weighted by molar-refractivity contribution is -0.142. The Balaban J connectivity index is 3.01. The Kier molecular flexibility index (Phi) is 11.8. The van der Waals surface area contributed by atoms with Crippen LogP contribution in [0.3, 0.4) is 0 Å². The van der Waals surface area contributed by atoms with Crippen LogP contribution in [0.2, 0.25) is 0 Å². The highest BCUT2D eigenvalue weighted by Gasteiger charge is 2.34. The van der Waals surface area contributed by atoms with Crippen LogP contribution >= 0.6 is 0 Å². The summed E-state index contributed by atoms with van der Waals surface area (Å²) in [6, 6.07) is 1.25. The van der Waals surface area contributed by atoms with Crippen LogP contribution in [0.25, 0.3) is 0 Å². The molecule has 0 fully saturated rings. The van der Waals surface area contributed by atoms with E-state index in [1.54, 1.807) is 32.9 Å². The van der Waals surface area contributed by atoms with Crippen LogP contribution in [0.15, 0.2) is 24.3 Å². The lowest BCUT2D eigenvalue weighted by atomic mass is 9.95. The van der Waals surface area contributed by atoms with Crippen molar-refractivity contribution in [3.05, 3.63) is 29.8 Å². The number of phenolic OH excluding ortho intramolecular Hbond substituents is 1. The molecule has 0 radical (unpaired) electrons. The molecule has 0 saturated carbocycles. The lowest BCUT2D eigenvalue weighted by Crippen LogP contribution is -2.60. The molecule has 1 aromatic carbocycles. The molecule has 9 N–H and O–H groups in total. The van der Waals surface area contributed by atoms with Crippen molar-refractivity contribution in [2.75, 3.05) is 0 Å². The van der Waals surface area contributed by atoms with E-state index < -0.39 is 66.1 Å². The zero-order valence-corrected chi connectivity index (χ0v) is 21.0. The second-order valence-electron chi connectivity index (χ2n) is 9.15. The molecule has 5 atom stereocenters. The first-order chi connectivity index (χ1) is 16.8. The van der Waals surface area contributed by atoms with Gasteiger partial charge in [0, 0.05) is 6.42 Å². The fourth-order valence-electron chi connectivity index (χ4n) is 3.38. The Hall–Kier alpha value is -3.67. The van der Waals surface area contributed by atoms with E-state index in [0.29, 0.717) is 12.0 Å². The molecule has 5 unspecified atom stereocenters. The number of carbonyl (C=O) groups excluding carboxylic acids is 4. The fraction of sp³-hybridized carbons (Fsp3) is 0.542. The average Bonchev–Trinajstić information content (AvgIpc) is 2.80. The predicted molar refractivity (Wildman–Crippen MR) is 131 cm³/mol. The highest BCUT2D eigenvalue weighted by atomic mass is 16.4. The van der Waals surface area contributed by atoms with Crippen LogP contribution in [0, 0.1) is 11.8 Å². The number of carbonyl (C=O) groups is 5. The molecule has 0 aliphatic heterocycles. The van der Waals surface area contributed by atoms with Crippen LogP contribution < -0.4 is 27.4 Å². The normalized spacial score (nSPS) is 15.2.